The lowest BCUT2D eigenvalue weighted by atomic mass is 10.1. The second kappa shape index (κ2) is 8.94. The van der Waals surface area contributed by atoms with E-state index in [1.54, 1.807) is 23.5 Å². The van der Waals surface area contributed by atoms with Gasteiger partial charge in [-0.3, -0.25) is 9.79 Å². The van der Waals surface area contributed by atoms with Gasteiger partial charge in [0, 0.05) is 23.6 Å². The van der Waals surface area contributed by atoms with Crippen LogP contribution in [0.2, 0.25) is 0 Å². The number of thioether (sulfide) groups is 2. The summed E-state index contributed by atoms with van der Waals surface area (Å²) >= 11 is 3.52. The van der Waals surface area contributed by atoms with Crippen LogP contribution < -0.4 is 5.32 Å². The number of carbonyl (C=O) groups is 1. The van der Waals surface area contributed by atoms with E-state index < -0.39 is 0 Å². The number of nitrogens with one attached hydrogen (secondary N) is 1. The molecule has 0 saturated heterocycles. The highest BCUT2D eigenvalue weighted by Crippen LogP contribution is 2.26. The first-order valence-electron chi connectivity index (χ1n) is 8.03. The van der Waals surface area contributed by atoms with Gasteiger partial charge in [-0.25, -0.2) is 0 Å². The molecule has 0 unspecified atom stereocenters. The van der Waals surface area contributed by atoms with Gasteiger partial charge >= 0.3 is 0 Å². The summed E-state index contributed by atoms with van der Waals surface area (Å²) in [7, 11) is 0. The number of carbonyl (C=O) groups excluding carboxylic acids is 1. The van der Waals surface area contributed by atoms with Crippen LogP contribution in [0.4, 0.5) is 0 Å². The Morgan fingerprint density at radius 3 is 2.71 bits per heavy atom. The third kappa shape index (κ3) is 4.89. The second-order valence-electron chi connectivity index (χ2n) is 5.43. The fourth-order valence-corrected chi connectivity index (χ4v) is 4.48. The zero-order valence-corrected chi connectivity index (χ0v) is 15.0. The van der Waals surface area contributed by atoms with Crippen molar-refractivity contribution in [2.45, 2.75) is 12.2 Å². The summed E-state index contributed by atoms with van der Waals surface area (Å²) in [5.41, 5.74) is 3.06. The minimum Gasteiger partial charge on any atom is -0.352 e. The third-order valence-corrected chi connectivity index (χ3v) is 6.01. The number of rotatable bonds is 6. The van der Waals surface area contributed by atoms with E-state index in [-0.39, 0.29) is 5.91 Å². The van der Waals surface area contributed by atoms with Crippen LogP contribution >= 0.6 is 23.5 Å². The molecule has 3 rings (SSSR count). The van der Waals surface area contributed by atoms with E-state index in [1.807, 2.05) is 42.5 Å². The average molecular weight is 357 g/mol. The Labute approximate surface area is 151 Å². The summed E-state index contributed by atoms with van der Waals surface area (Å²) in [4.78, 5) is 16.9. The van der Waals surface area contributed by atoms with Crippen LogP contribution in [0.15, 0.2) is 59.6 Å². The molecule has 1 amide bonds. The molecule has 3 nitrogen and oxygen atoms in total. The molecule has 1 aliphatic heterocycles. The monoisotopic (exact) mass is 356 g/mol. The fourth-order valence-electron chi connectivity index (χ4n) is 2.47. The molecule has 1 N–H and O–H groups in total. The molecule has 0 bridgehead atoms. The number of nitrogens with zero attached hydrogens (tertiary/aromatic N) is 1. The summed E-state index contributed by atoms with van der Waals surface area (Å²) in [5.74, 6) is 1.86. The minimum atomic E-state index is 0.00291. The molecule has 5 heteroatoms. The number of aliphatic imine (C=N–C) groups is 1. The second-order valence-corrected chi connectivity index (χ2v) is 7.74. The maximum absolute atomic E-state index is 12.5. The zero-order valence-electron chi connectivity index (χ0n) is 13.4. The largest absolute Gasteiger partial charge is 0.352 e. The molecule has 0 fully saturated rings. The van der Waals surface area contributed by atoms with Crippen molar-refractivity contribution in [1.82, 2.24) is 5.32 Å². The number of benzene rings is 2. The van der Waals surface area contributed by atoms with Crippen molar-refractivity contribution in [1.29, 1.82) is 0 Å². The Hall–Kier alpha value is -1.72. The SMILES string of the molecule is O=C(NCCc1ccccc1)c1ccccc1CSC1=NCCS1. The van der Waals surface area contributed by atoms with Gasteiger partial charge < -0.3 is 5.32 Å². The maximum atomic E-state index is 12.5. The molecule has 1 heterocycles. The van der Waals surface area contributed by atoms with E-state index in [0.29, 0.717) is 6.54 Å². The van der Waals surface area contributed by atoms with Gasteiger partial charge in [-0.1, -0.05) is 72.1 Å². The number of hydrogen-bond donors (Lipinski definition) is 1. The quantitative estimate of drug-likeness (QED) is 0.851. The molecular weight excluding hydrogens is 336 g/mol. The Morgan fingerprint density at radius 2 is 1.92 bits per heavy atom. The van der Waals surface area contributed by atoms with Gasteiger partial charge in [0.2, 0.25) is 0 Å². The Kier molecular flexibility index (Phi) is 6.38. The lowest BCUT2D eigenvalue weighted by Gasteiger charge is -2.10. The highest BCUT2D eigenvalue weighted by atomic mass is 32.2. The van der Waals surface area contributed by atoms with Gasteiger partial charge in [-0.05, 0) is 23.6 Å². The van der Waals surface area contributed by atoms with Crippen molar-refractivity contribution < 1.29 is 4.79 Å². The van der Waals surface area contributed by atoms with Gasteiger partial charge in [0.1, 0.15) is 4.38 Å². The van der Waals surface area contributed by atoms with Crippen LogP contribution in [-0.4, -0.2) is 29.1 Å². The van der Waals surface area contributed by atoms with Crippen molar-refractivity contribution in [3.63, 3.8) is 0 Å². The highest BCUT2D eigenvalue weighted by Gasteiger charge is 2.13. The van der Waals surface area contributed by atoms with Crippen molar-refractivity contribution in [2.24, 2.45) is 4.99 Å². The van der Waals surface area contributed by atoms with Crippen LogP contribution in [0, 0.1) is 0 Å². The van der Waals surface area contributed by atoms with Crippen LogP contribution in [0.3, 0.4) is 0 Å². The molecule has 124 valence electrons. The van der Waals surface area contributed by atoms with Crippen molar-refractivity contribution in [2.75, 3.05) is 18.8 Å². The normalized spacial score (nSPS) is 13.6. The van der Waals surface area contributed by atoms with Crippen LogP contribution in [0.1, 0.15) is 21.5 Å². The molecule has 0 saturated carbocycles. The van der Waals surface area contributed by atoms with E-state index in [4.69, 9.17) is 0 Å². The van der Waals surface area contributed by atoms with Gasteiger partial charge in [-0.15, -0.1) is 0 Å². The average Bonchev–Trinajstić information content (AvgIpc) is 3.14. The lowest BCUT2D eigenvalue weighted by Crippen LogP contribution is -2.26. The molecule has 2 aromatic rings. The molecule has 0 aromatic heterocycles. The van der Waals surface area contributed by atoms with Crippen molar-refractivity contribution >= 4 is 33.8 Å². The topological polar surface area (TPSA) is 41.5 Å². The first-order chi connectivity index (χ1) is 11.8. The Bertz CT molecular complexity index is 716. The van der Waals surface area contributed by atoms with E-state index in [0.717, 1.165) is 40.0 Å². The summed E-state index contributed by atoms with van der Waals surface area (Å²) in [6.45, 7) is 1.56. The standard InChI is InChI=1S/C19H20N2OS2/c22-18(20-11-10-15-6-2-1-3-7-15)17-9-5-4-8-16(17)14-24-19-21-12-13-23-19/h1-9H,10-14H2,(H,20,22). The maximum Gasteiger partial charge on any atom is 0.251 e. The number of hydrogen-bond acceptors (Lipinski definition) is 4. The predicted octanol–water partition coefficient (Wildman–Crippen LogP) is 4.00. The predicted molar refractivity (Wildman–Crippen MR) is 105 cm³/mol. The van der Waals surface area contributed by atoms with Crippen LogP contribution in [0.5, 0.6) is 0 Å². The van der Waals surface area contributed by atoms with E-state index in [2.05, 4.69) is 22.4 Å². The van der Waals surface area contributed by atoms with Crippen molar-refractivity contribution in [3.8, 4) is 0 Å². The molecule has 0 spiro atoms. The molecule has 2 aromatic carbocycles. The minimum absolute atomic E-state index is 0.00291. The summed E-state index contributed by atoms with van der Waals surface area (Å²) in [6, 6.07) is 18.0. The Balaban J connectivity index is 1.55. The van der Waals surface area contributed by atoms with Gasteiger partial charge in [-0.2, -0.15) is 0 Å². The van der Waals surface area contributed by atoms with Gasteiger partial charge in [0.15, 0.2) is 0 Å². The zero-order chi connectivity index (χ0) is 16.6. The lowest BCUT2D eigenvalue weighted by molar-refractivity contribution is 0.0953. The molecule has 0 radical (unpaired) electrons. The fraction of sp³-hybridized carbons (Fsp3) is 0.263. The van der Waals surface area contributed by atoms with Crippen LogP contribution in [-0.2, 0) is 12.2 Å². The molecule has 0 aliphatic carbocycles. The number of amides is 1. The first kappa shape index (κ1) is 17.1. The third-order valence-electron chi connectivity index (χ3n) is 3.71. The Morgan fingerprint density at radius 1 is 1.12 bits per heavy atom. The highest BCUT2D eigenvalue weighted by molar-refractivity contribution is 8.38. The summed E-state index contributed by atoms with van der Waals surface area (Å²) in [6.07, 6.45) is 0.844. The van der Waals surface area contributed by atoms with Crippen molar-refractivity contribution in [3.05, 3.63) is 71.3 Å². The van der Waals surface area contributed by atoms with Gasteiger partial charge in [0.25, 0.3) is 5.91 Å². The molecule has 0 atom stereocenters. The van der Waals surface area contributed by atoms with Gasteiger partial charge in [0.05, 0.1) is 6.54 Å². The molecule has 24 heavy (non-hydrogen) atoms. The smallest absolute Gasteiger partial charge is 0.251 e. The molecular formula is C19H20N2OS2. The van der Waals surface area contributed by atoms with E-state index in [9.17, 15) is 4.79 Å². The van der Waals surface area contributed by atoms with E-state index >= 15 is 0 Å². The summed E-state index contributed by atoms with van der Waals surface area (Å²) in [5, 5.41) is 3.03. The van der Waals surface area contributed by atoms with E-state index in [1.165, 1.54) is 5.56 Å². The molecule has 1 aliphatic rings. The van der Waals surface area contributed by atoms with Crippen LogP contribution in [0.25, 0.3) is 0 Å². The first-order valence-corrected chi connectivity index (χ1v) is 10.00. The summed E-state index contributed by atoms with van der Waals surface area (Å²) < 4.78 is 1.13.